The summed E-state index contributed by atoms with van der Waals surface area (Å²) < 4.78 is 16.7. The third-order valence-electron chi connectivity index (χ3n) is 4.84. The highest BCUT2D eigenvalue weighted by atomic mass is 16.5. The van der Waals surface area contributed by atoms with Crippen molar-refractivity contribution >= 4 is 6.03 Å². The van der Waals surface area contributed by atoms with Gasteiger partial charge in [0.2, 0.25) is 0 Å². The Kier molecular flexibility index (Phi) is 5.15. The van der Waals surface area contributed by atoms with Crippen LogP contribution in [0.1, 0.15) is 57.1 Å². The summed E-state index contributed by atoms with van der Waals surface area (Å²) in [6.45, 7) is 6.06. The zero-order valence-electron chi connectivity index (χ0n) is 14.8. The predicted octanol–water partition coefficient (Wildman–Crippen LogP) is 3.23. The molecule has 2 atom stereocenters. The van der Waals surface area contributed by atoms with Crippen molar-refractivity contribution in [2.75, 3.05) is 20.3 Å². The van der Waals surface area contributed by atoms with E-state index in [0.29, 0.717) is 13.2 Å². The summed E-state index contributed by atoms with van der Waals surface area (Å²) in [7, 11) is 1.65. The van der Waals surface area contributed by atoms with Gasteiger partial charge in [0.1, 0.15) is 18.1 Å². The number of carbonyl (C=O) groups excluding carboxylic acids is 1. The van der Waals surface area contributed by atoms with Crippen LogP contribution in [-0.4, -0.2) is 42.8 Å². The third-order valence-corrected chi connectivity index (χ3v) is 4.84. The van der Waals surface area contributed by atoms with Gasteiger partial charge in [0.05, 0.1) is 11.6 Å². The number of methoxy groups -OCH3 is 1. The van der Waals surface area contributed by atoms with Crippen LogP contribution in [0.25, 0.3) is 0 Å². The highest BCUT2D eigenvalue weighted by Crippen LogP contribution is 2.33. The van der Waals surface area contributed by atoms with Crippen molar-refractivity contribution in [1.82, 2.24) is 10.2 Å². The number of nitrogens with one attached hydrogen (secondary N) is 1. The molecule has 0 spiro atoms. The fourth-order valence-electron chi connectivity index (χ4n) is 3.71. The van der Waals surface area contributed by atoms with E-state index in [1.54, 1.807) is 7.11 Å². The number of rotatable bonds is 4. The van der Waals surface area contributed by atoms with Gasteiger partial charge in [-0.1, -0.05) is 0 Å². The van der Waals surface area contributed by atoms with Gasteiger partial charge in [-0.3, -0.25) is 0 Å². The van der Waals surface area contributed by atoms with Crippen LogP contribution in [-0.2, 0) is 16.1 Å². The quantitative estimate of drug-likeness (QED) is 0.917. The van der Waals surface area contributed by atoms with Crippen LogP contribution in [0.15, 0.2) is 16.5 Å². The maximum Gasteiger partial charge on any atom is 0.318 e. The molecular formula is C18H28N2O4. The highest BCUT2D eigenvalue weighted by molar-refractivity contribution is 5.75. The van der Waals surface area contributed by atoms with Gasteiger partial charge < -0.3 is 24.1 Å². The lowest BCUT2D eigenvalue weighted by molar-refractivity contribution is -0.0616. The van der Waals surface area contributed by atoms with Crippen molar-refractivity contribution in [1.29, 1.82) is 0 Å². The van der Waals surface area contributed by atoms with Gasteiger partial charge in [0.15, 0.2) is 0 Å². The first-order chi connectivity index (χ1) is 11.5. The summed E-state index contributed by atoms with van der Waals surface area (Å²) in [6, 6.07) is 4.08. The Labute approximate surface area is 143 Å². The zero-order valence-corrected chi connectivity index (χ0v) is 14.8. The minimum absolute atomic E-state index is 0.00453. The summed E-state index contributed by atoms with van der Waals surface area (Å²) in [5.74, 6) is 1.65. The lowest BCUT2D eigenvalue weighted by Gasteiger charge is -2.37. The first-order valence-electron chi connectivity index (χ1n) is 8.77. The molecule has 1 aromatic heterocycles. The molecule has 0 unspecified atom stereocenters. The molecule has 134 valence electrons. The lowest BCUT2D eigenvalue weighted by atomic mass is 9.94. The molecule has 2 aliphatic heterocycles. The van der Waals surface area contributed by atoms with Crippen molar-refractivity contribution in [3.8, 4) is 0 Å². The Morgan fingerprint density at radius 1 is 1.42 bits per heavy atom. The van der Waals surface area contributed by atoms with E-state index in [1.165, 1.54) is 0 Å². The molecular weight excluding hydrogens is 308 g/mol. The van der Waals surface area contributed by atoms with Crippen LogP contribution >= 0.6 is 0 Å². The zero-order chi connectivity index (χ0) is 17.2. The average molecular weight is 336 g/mol. The van der Waals surface area contributed by atoms with Crippen molar-refractivity contribution < 1.29 is 18.7 Å². The smallest absolute Gasteiger partial charge is 0.318 e. The SMILES string of the molecule is COCc1ccc([C@H]2CCCN2C(=O)N[C@@H]2CCOC(C)(C)C2)o1. The molecule has 6 nitrogen and oxygen atoms in total. The summed E-state index contributed by atoms with van der Waals surface area (Å²) >= 11 is 0. The van der Waals surface area contributed by atoms with Crippen LogP contribution in [0.4, 0.5) is 4.79 Å². The molecule has 3 rings (SSSR count). The Morgan fingerprint density at radius 3 is 3.00 bits per heavy atom. The molecule has 24 heavy (non-hydrogen) atoms. The number of ether oxygens (including phenoxy) is 2. The van der Waals surface area contributed by atoms with Gasteiger partial charge >= 0.3 is 6.03 Å². The van der Waals surface area contributed by atoms with E-state index in [0.717, 1.165) is 43.7 Å². The van der Waals surface area contributed by atoms with E-state index >= 15 is 0 Å². The molecule has 0 aliphatic carbocycles. The largest absolute Gasteiger partial charge is 0.461 e. The summed E-state index contributed by atoms with van der Waals surface area (Å²) in [5.41, 5.74) is -0.170. The molecule has 0 saturated carbocycles. The van der Waals surface area contributed by atoms with Gasteiger partial charge in [-0.05, 0) is 51.7 Å². The van der Waals surface area contributed by atoms with Crippen LogP contribution in [0, 0.1) is 0 Å². The van der Waals surface area contributed by atoms with Gasteiger partial charge in [0.25, 0.3) is 0 Å². The second-order valence-electron chi connectivity index (χ2n) is 7.34. The Hall–Kier alpha value is -1.53. The lowest BCUT2D eigenvalue weighted by Crippen LogP contribution is -2.49. The molecule has 3 heterocycles. The number of likely N-dealkylation sites (tertiary alicyclic amines) is 1. The fourth-order valence-corrected chi connectivity index (χ4v) is 3.71. The molecule has 2 aliphatic rings. The summed E-state index contributed by atoms with van der Waals surface area (Å²) in [4.78, 5) is 14.6. The number of urea groups is 1. The molecule has 2 saturated heterocycles. The molecule has 2 fully saturated rings. The topological polar surface area (TPSA) is 63.9 Å². The van der Waals surface area contributed by atoms with Gasteiger partial charge in [-0.25, -0.2) is 4.79 Å². The predicted molar refractivity (Wildman–Crippen MR) is 89.7 cm³/mol. The fraction of sp³-hybridized carbons (Fsp3) is 0.722. The maximum atomic E-state index is 12.7. The number of carbonyl (C=O) groups is 1. The second kappa shape index (κ2) is 7.15. The molecule has 0 bridgehead atoms. The number of nitrogens with zero attached hydrogens (tertiary/aromatic N) is 1. The second-order valence-corrected chi connectivity index (χ2v) is 7.34. The number of hydrogen-bond donors (Lipinski definition) is 1. The van der Waals surface area contributed by atoms with Crippen molar-refractivity contribution in [2.45, 2.75) is 63.8 Å². The number of hydrogen-bond acceptors (Lipinski definition) is 4. The minimum atomic E-state index is -0.170. The first-order valence-corrected chi connectivity index (χ1v) is 8.77. The standard InChI is InChI=1S/C18H28N2O4/c1-18(2)11-13(8-10-23-18)19-17(21)20-9-4-5-15(20)16-7-6-14(24-16)12-22-3/h6-7,13,15H,4-5,8-12H2,1-3H3,(H,19,21)/t13-,15-/m1/s1. The Morgan fingerprint density at radius 2 is 2.25 bits per heavy atom. The third kappa shape index (κ3) is 3.92. The van der Waals surface area contributed by atoms with E-state index in [-0.39, 0.29) is 23.7 Å². The molecule has 0 radical (unpaired) electrons. The van der Waals surface area contributed by atoms with E-state index in [2.05, 4.69) is 19.2 Å². The minimum Gasteiger partial charge on any atom is -0.461 e. The van der Waals surface area contributed by atoms with Crippen molar-refractivity contribution in [2.24, 2.45) is 0 Å². The van der Waals surface area contributed by atoms with Crippen molar-refractivity contribution in [3.05, 3.63) is 23.7 Å². The molecule has 0 aromatic carbocycles. The molecule has 6 heteroatoms. The van der Waals surface area contributed by atoms with E-state index in [4.69, 9.17) is 13.9 Å². The van der Waals surface area contributed by atoms with Crippen LogP contribution in [0.3, 0.4) is 0 Å². The van der Waals surface area contributed by atoms with Gasteiger partial charge in [0, 0.05) is 26.3 Å². The number of furan rings is 1. The maximum absolute atomic E-state index is 12.7. The van der Waals surface area contributed by atoms with E-state index in [9.17, 15) is 4.79 Å². The normalized spacial score (nSPS) is 26.5. The summed E-state index contributed by atoms with van der Waals surface area (Å²) in [6.07, 6.45) is 3.65. The summed E-state index contributed by atoms with van der Waals surface area (Å²) in [5, 5.41) is 3.19. The highest BCUT2D eigenvalue weighted by Gasteiger charge is 2.35. The van der Waals surface area contributed by atoms with Crippen LogP contribution in [0.5, 0.6) is 0 Å². The average Bonchev–Trinajstić information content (AvgIpc) is 3.14. The molecule has 1 N–H and O–H groups in total. The first kappa shape index (κ1) is 17.3. The van der Waals surface area contributed by atoms with E-state index < -0.39 is 0 Å². The Bertz CT molecular complexity index is 569. The van der Waals surface area contributed by atoms with Crippen LogP contribution < -0.4 is 5.32 Å². The van der Waals surface area contributed by atoms with Gasteiger partial charge in [-0.2, -0.15) is 0 Å². The molecule has 2 amide bonds. The van der Waals surface area contributed by atoms with Crippen molar-refractivity contribution in [3.63, 3.8) is 0 Å². The molecule has 1 aromatic rings. The van der Waals surface area contributed by atoms with Gasteiger partial charge in [-0.15, -0.1) is 0 Å². The van der Waals surface area contributed by atoms with E-state index in [1.807, 2.05) is 17.0 Å². The number of amides is 2. The van der Waals surface area contributed by atoms with Crippen LogP contribution in [0.2, 0.25) is 0 Å². The monoisotopic (exact) mass is 336 g/mol. The Balaban J connectivity index is 1.62.